The Morgan fingerprint density at radius 2 is 1.84 bits per heavy atom. The Hall–Kier alpha value is -2.25. The van der Waals surface area contributed by atoms with Crippen molar-refractivity contribution in [1.82, 2.24) is 14.9 Å². The van der Waals surface area contributed by atoms with Gasteiger partial charge in [-0.15, -0.1) is 0 Å². The van der Waals surface area contributed by atoms with E-state index in [1.807, 2.05) is 6.08 Å². The summed E-state index contributed by atoms with van der Waals surface area (Å²) in [6.45, 7) is 18.6. The highest BCUT2D eigenvalue weighted by atomic mass is 31.1. The Bertz CT molecular complexity index is 1000. The summed E-state index contributed by atoms with van der Waals surface area (Å²) in [4.78, 5) is 4.86. The molecule has 0 fully saturated rings. The van der Waals surface area contributed by atoms with Crippen LogP contribution in [0.1, 0.15) is 86.5 Å². The topological polar surface area (TPSA) is 18.5 Å². The SMILES string of the molecule is C=C/C=C(/C(C)C)[C@@H](C)/C(=C\C=C(/CC)N(C)C1=C(PNC2=CCCCC=C2)C=C(C)CCC1)N(C)CC. The first-order valence-corrected chi connectivity index (χ1v) is 15.7. The molecule has 0 aromatic heterocycles. The lowest BCUT2D eigenvalue weighted by molar-refractivity contribution is 0.391. The molecule has 2 aliphatic rings. The van der Waals surface area contributed by atoms with Gasteiger partial charge in [-0.05, 0) is 82.9 Å². The molecule has 4 heteroatoms. The number of hydrogen-bond donors (Lipinski definition) is 1. The van der Waals surface area contributed by atoms with E-state index in [0.29, 0.717) is 20.6 Å². The summed E-state index contributed by atoms with van der Waals surface area (Å²) in [6, 6.07) is 0. The maximum Gasteiger partial charge on any atom is 0.0329 e. The lowest BCUT2D eigenvalue weighted by Gasteiger charge is -2.30. The molecule has 1 unspecified atom stereocenters. The smallest absolute Gasteiger partial charge is 0.0329 e. The zero-order valence-electron chi connectivity index (χ0n) is 25.5. The highest BCUT2D eigenvalue weighted by Crippen LogP contribution is 2.36. The molecule has 0 saturated heterocycles. The molecule has 0 amide bonds. The normalized spacial score (nSPS) is 18.8. The molecule has 38 heavy (non-hydrogen) atoms. The van der Waals surface area contributed by atoms with Gasteiger partial charge >= 0.3 is 0 Å². The summed E-state index contributed by atoms with van der Waals surface area (Å²) in [5.74, 6) is 0.817. The Morgan fingerprint density at radius 1 is 1.08 bits per heavy atom. The third-order valence-electron chi connectivity index (χ3n) is 7.74. The molecule has 0 aromatic rings. The molecule has 2 atom stereocenters. The van der Waals surface area contributed by atoms with E-state index in [2.05, 4.69) is 120 Å². The van der Waals surface area contributed by atoms with Gasteiger partial charge in [-0.1, -0.05) is 75.8 Å². The number of nitrogens with one attached hydrogen (secondary N) is 1. The lowest BCUT2D eigenvalue weighted by Crippen LogP contribution is -2.24. The van der Waals surface area contributed by atoms with Crippen LogP contribution in [0.15, 0.2) is 94.4 Å². The van der Waals surface area contributed by atoms with Crippen LogP contribution in [0.3, 0.4) is 0 Å². The molecule has 210 valence electrons. The molecule has 0 spiro atoms. The summed E-state index contributed by atoms with van der Waals surface area (Å²) < 4.78 is 0. The van der Waals surface area contributed by atoms with Crippen molar-refractivity contribution in [1.29, 1.82) is 0 Å². The number of rotatable bonds is 13. The van der Waals surface area contributed by atoms with Gasteiger partial charge in [0.2, 0.25) is 0 Å². The highest BCUT2D eigenvalue weighted by molar-refractivity contribution is 7.41. The molecular formula is C34H54N3P. The molecule has 3 nitrogen and oxygen atoms in total. The minimum atomic E-state index is 0.336. The fraction of sp³-hybridized carbons (Fsp3) is 0.529. The quantitative estimate of drug-likeness (QED) is 0.187. The molecule has 0 radical (unpaired) electrons. The van der Waals surface area contributed by atoms with E-state index in [9.17, 15) is 0 Å². The predicted octanol–water partition coefficient (Wildman–Crippen LogP) is 9.60. The molecule has 0 saturated carbocycles. The molecule has 1 N–H and O–H groups in total. The zero-order valence-corrected chi connectivity index (χ0v) is 26.5. The highest BCUT2D eigenvalue weighted by Gasteiger charge is 2.20. The van der Waals surface area contributed by atoms with Gasteiger partial charge in [0.15, 0.2) is 0 Å². The molecule has 2 aliphatic carbocycles. The predicted molar refractivity (Wildman–Crippen MR) is 172 cm³/mol. The second-order valence-corrected chi connectivity index (χ2v) is 11.9. The number of hydrogen-bond acceptors (Lipinski definition) is 3. The lowest BCUT2D eigenvalue weighted by atomic mass is 9.87. The first-order valence-electron chi connectivity index (χ1n) is 14.7. The monoisotopic (exact) mass is 535 g/mol. The van der Waals surface area contributed by atoms with Crippen LogP contribution in [0, 0.1) is 11.8 Å². The van der Waals surface area contributed by atoms with Crippen molar-refractivity contribution in [3.05, 3.63) is 94.4 Å². The average molecular weight is 536 g/mol. The van der Waals surface area contributed by atoms with Gasteiger partial charge in [-0.2, -0.15) is 0 Å². The van der Waals surface area contributed by atoms with Crippen molar-refractivity contribution < 1.29 is 0 Å². The molecular weight excluding hydrogens is 481 g/mol. The fourth-order valence-electron chi connectivity index (χ4n) is 5.28. The molecule has 0 heterocycles. The first-order chi connectivity index (χ1) is 18.2. The summed E-state index contributed by atoms with van der Waals surface area (Å²) in [5, 5.41) is 5.21. The Balaban J connectivity index is 2.44. The number of nitrogens with zero attached hydrogens (tertiary/aromatic N) is 2. The van der Waals surface area contributed by atoms with Gasteiger partial charge in [0, 0.05) is 63.4 Å². The second-order valence-electron chi connectivity index (χ2n) is 10.9. The van der Waals surface area contributed by atoms with Crippen LogP contribution in [0.5, 0.6) is 0 Å². The maximum absolute atomic E-state index is 3.97. The number of allylic oxidation sites excluding steroid dienone is 13. The molecule has 2 rings (SSSR count). The van der Waals surface area contributed by atoms with Crippen molar-refractivity contribution in [2.24, 2.45) is 11.8 Å². The molecule has 0 bridgehead atoms. The summed E-state index contributed by atoms with van der Waals surface area (Å²) in [7, 11) is 5.04. The van der Waals surface area contributed by atoms with Crippen LogP contribution >= 0.6 is 8.73 Å². The summed E-state index contributed by atoms with van der Waals surface area (Å²) in [5.41, 5.74) is 8.36. The minimum Gasteiger partial charge on any atom is -0.378 e. The van der Waals surface area contributed by atoms with Crippen LogP contribution < -0.4 is 5.09 Å². The van der Waals surface area contributed by atoms with Crippen molar-refractivity contribution >= 4 is 8.73 Å². The van der Waals surface area contributed by atoms with Gasteiger partial charge in [0.05, 0.1) is 0 Å². The van der Waals surface area contributed by atoms with Gasteiger partial charge in [0.1, 0.15) is 0 Å². The third kappa shape index (κ3) is 9.49. The summed E-state index contributed by atoms with van der Waals surface area (Å²) >= 11 is 0. The van der Waals surface area contributed by atoms with Crippen LogP contribution in [-0.2, 0) is 0 Å². The van der Waals surface area contributed by atoms with Crippen LogP contribution in [0.25, 0.3) is 0 Å². The van der Waals surface area contributed by atoms with E-state index in [4.69, 9.17) is 0 Å². The van der Waals surface area contributed by atoms with E-state index in [0.717, 1.165) is 25.8 Å². The third-order valence-corrected chi connectivity index (χ3v) is 8.86. The van der Waals surface area contributed by atoms with Crippen LogP contribution in [-0.4, -0.2) is 30.4 Å². The van der Waals surface area contributed by atoms with Gasteiger partial charge in [-0.25, -0.2) is 0 Å². The standard InChI is InChI=1S/C34H54N3P/c1-10-18-31(26(4)5)28(7)32(36(8)12-3)24-23-30(11-2)37(9)33-22-17-19-27(6)25-34(33)38-35-29-20-15-13-14-16-21-29/h10,15,18,20-21,23-26,28,35,38H,1,11-14,16-17,19,22H2,2-9H3/b30-23+,31-18-,32-24+/t28-/m1/s1. The summed E-state index contributed by atoms with van der Waals surface area (Å²) in [6.07, 6.45) is 26.3. The Labute approximate surface area is 236 Å². The fourth-order valence-corrected chi connectivity index (χ4v) is 6.50. The first kappa shape index (κ1) is 32.0. The largest absolute Gasteiger partial charge is 0.378 e. The van der Waals surface area contributed by atoms with E-state index in [1.165, 1.54) is 64.9 Å². The Morgan fingerprint density at radius 3 is 2.50 bits per heavy atom. The average Bonchev–Trinajstić information content (AvgIpc) is 3.27. The van der Waals surface area contributed by atoms with Gasteiger partial charge in [-0.3, -0.25) is 0 Å². The maximum atomic E-state index is 3.97. The van der Waals surface area contributed by atoms with Crippen molar-refractivity contribution in [2.45, 2.75) is 86.5 Å². The van der Waals surface area contributed by atoms with E-state index in [1.54, 1.807) is 0 Å². The molecule has 0 aliphatic heterocycles. The van der Waals surface area contributed by atoms with Crippen molar-refractivity contribution in [3.63, 3.8) is 0 Å². The van der Waals surface area contributed by atoms with Crippen molar-refractivity contribution in [2.75, 3.05) is 20.6 Å². The van der Waals surface area contributed by atoms with Gasteiger partial charge in [0.25, 0.3) is 0 Å². The minimum absolute atomic E-state index is 0.336. The molecule has 0 aromatic carbocycles. The zero-order chi connectivity index (χ0) is 28.1. The second kappa shape index (κ2) is 16.7. The van der Waals surface area contributed by atoms with E-state index >= 15 is 0 Å². The van der Waals surface area contributed by atoms with E-state index < -0.39 is 0 Å². The van der Waals surface area contributed by atoms with Gasteiger partial charge < -0.3 is 14.9 Å². The van der Waals surface area contributed by atoms with Crippen LogP contribution in [0.2, 0.25) is 0 Å². The Kier molecular flexibility index (Phi) is 14.0. The van der Waals surface area contributed by atoms with Crippen molar-refractivity contribution in [3.8, 4) is 0 Å². The van der Waals surface area contributed by atoms with E-state index in [-0.39, 0.29) is 0 Å². The van der Waals surface area contributed by atoms with Crippen LogP contribution in [0.4, 0.5) is 0 Å².